The smallest absolute Gasteiger partial charge is 0.387 e. The van der Waals surface area contributed by atoms with Gasteiger partial charge in [0, 0.05) is 38.3 Å². The molecule has 0 bridgehead atoms. The highest BCUT2D eigenvalue weighted by atomic mass is 19.3. The van der Waals surface area contributed by atoms with Crippen molar-refractivity contribution in [2.45, 2.75) is 13.0 Å². The van der Waals surface area contributed by atoms with Crippen molar-refractivity contribution in [3.8, 4) is 11.5 Å². The summed E-state index contributed by atoms with van der Waals surface area (Å²) >= 11 is 0. The lowest BCUT2D eigenvalue weighted by Crippen LogP contribution is -2.36. The molecule has 0 radical (unpaired) electrons. The third-order valence-corrected chi connectivity index (χ3v) is 5.54. The van der Waals surface area contributed by atoms with Crippen LogP contribution in [-0.4, -0.2) is 57.4 Å². The van der Waals surface area contributed by atoms with E-state index in [0.717, 1.165) is 17.7 Å². The van der Waals surface area contributed by atoms with Gasteiger partial charge in [0.15, 0.2) is 0 Å². The average molecular weight is 540 g/mol. The number of rotatable bonds is 13. The van der Waals surface area contributed by atoms with Gasteiger partial charge in [-0.3, -0.25) is 9.59 Å². The van der Waals surface area contributed by atoms with Crippen LogP contribution in [-0.2, 0) is 11.2 Å². The zero-order valence-electron chi connectivity index (χ0n) is 21.7. The number of halogens is 2. The molecule has 0 unspecified atom stereocenters. The molecule has 0 saturated carbocycles. The van der Waals surface area contributed by atoms with Gasteiger partial charge in [-0.25, -0.2) is 0 Å². The van der Waals surface area contributed by atoms with E-state index >= 15 is 0 Å². The number of amides is 2. The predicted molar refractivity (Wildman–Crippen MR) is 145 cm³/mol. The number of alkyl halides is 2. The van der Waals surface area contributed by atoms with Crippen LogP contribution < -0.4 is 25.0 Å². The van der Waals surface area contributed by atoms with Crippen molar-refractivity contribution < 1.29 is 33.0 Å². The van der Waals surface area contributed by atoms with Gasteiger partial charge in [-0.05, 0) is 65.7 Å². The molecule has 0 heterocycles. The summed E-state index contributed by atoms with van der Waals surface area (Å²) in [7, 11) is 3.97. The highest BCUT2D eigenvalue weighted by Crippen LogP contribution is 2.18. The first kappa shape index (κ1) is 29.1. The molecule has 3 rings (SSSR count). The predicted octanol–water partition coefficient (Wildman–Crippen LogP) is 3.85. The van der Waals surface area contributed by atoms with E-state index in [1.807, 2.05) is 31.1 Å². The average Bonchev–Trinajstić information content (AvgIpc) is 2.92. The van der Waals surface area contributed by atoms with Gasteiger partial charge in [-0.15, -0.1) is 0 Å². The Hall–Kier alpha value is -4.44. The molecule has 0 aromatic heterocycles. The minimum atomic E-state index is -2.96. The Balaban J connectivity index is 1.62. The maximum Gasteiger partial charge on any atom is 0.387 e. The van der Waals surface area contributed by atoms with Crippen LogP contribution in [0.3, 0.4) is 0 Å². The maximum atomic E-state index is 12.9. The van der Waals surface area contributed by atoms with Gasteiger partial charge < -0.3 is 30.1 Å². The van der Waals surface area contributed by atoms with Crippen molar-refractivity contribution in [2.75, 3.05) is 38.8 Å². The fourth-order valence-electron chi connectivity index (χ4n) is 3.48. The third-order valence-electron chi connectivity index (χ3n) is 5.54. The van der Waals surface area contributed by atoms with E-state index in [2.05, 4.69) is 27.5 Å². The topological polar surface area (TPSA) is 100 Å². The molecule has 206 valence electrons. The van der Waals surface area contributed by atoms with Crippen LogP contribution in [0.1, 0.15) is 21.5 Å². The molecule has 3 N–H and O–H groups in total. The number of hydrogen-bond acceptors (Lipinski definition) is 6. The summed E-state index contributed by atoms with van der Waals surface area (Å²) in [5.41, 5.74) is 2.94. The van der Waals surface area contributed by atoms with Crippen molar-refractivity contribution in [1.82, 2.24) is 10.6 Å². The first-order valence-corrected chi connectivity index (χ1v) is 12.2. The summed E-state index contributed by atoms with van der Waals surface area (Å²) in [5, 5.41) is 14.1. The molecule has 10 heteroatoms. The summed E-state index contributed by atoms with van der Waals surface area (Å²) in [4.78, 5) is 27.5. The van der Waals surface area contributed by atoms with Crippen LogP contribution in [0.4, 0.5) is 14.5 Å². The van der Waals surface area contributed by atoms with Gasteiger partial charge in [0.2, 0.25) is 0 Å². The van der Waals surface area contributed by atoms with E-state index in [4.69, 9.17) is 9.84 Å². The molecule has 0 spiro atoms. The standard InChI is InChI=1S/C29H31F2N3O5/c1-34(2)23-9-3-20(4-10-23)15-18-38-24-13-7-22(8-14-24)27(36)33-26(28(37)32-16-17-35)19-21-5-11-25(12-6-21)39-29(30)31/h3-14,19,29,35H,15-18H2,1-2H3,(H,32,37)(H,33,36). The van der Waals surface area contributed by atoms with Gasteiger partial charge in [0.05, 0.1) is 13.2 Å². The Morgan fingerprint density at radius 1 is 0.949 bits per heavy atom. The van der Waals surface area contributed by atoms with Gasteiger partial charge in [0.1, 0.15) is 17.2 Å². The van der Waals surface area contributed by atoms with Crippen molar-refractivity contribution in [1.29, 1.82) is 0 Å². The molecule has 0 saturated heterocycles. The van der Waals surface area contributed by atoms with E-state index < -0.39 is 18.4 Å². The molecule has 0 fully saturated rings. The molecule has 39 heavy (non-hydrogen) atoms. The summed E-state index contributed by atoms with van der Waals surface area (Å²) in [5.74, 6) is -0.601. The van der Waals surface area contributed by atoms with Gasteiger partial charge in [-0.1, -0.05) is 24.3 Å². The van der Waals surface area contributed by atoms with Crippen molar-refractivity contribution in [3.63, 3.8) is 0 Å². The Kier molecular flexibility index (Phi) is 10.8. The van der Waals surface area contributed by atoms with Crippen LogP contribution in [0.5, 0.6) is 11.5 Å². The third kappa shape index (κ3) is 9.42. The number of ether oxygens (including phenoxy) is 2. The molecule has 0 aliphatic heterocycles. The van der Waals surface area contributed by atoms with Crippen molar-refractivity contribution in [3.05, 3.63) is 95.2 Å². The number of nitrogens with one attached hydrogen (secondary N) is 2. The molecule has 3 aromatic carbocycles. The molecule has 0 atom stereocenters. The minimum absolute atomic E-state index is 0.0148. The highest BCUT2D eigenvalue weighted by molar-refractivity contribution is 6.05. The minimum Gasteiger partial charge on any atom is -0.493 e. The first-order chi connectivity index (χ1) is 18.7. The van der Waals surface area contributed by atoms with Gasteiger partial charge in [0.25, 0.3) is 11.8 Å². The van der Waals surface area contributed by atoms with Crippen LogP contribution in [0.25, 0.3) is 6.08 Å². The Morgan fingerprint density at radius 2 is 1.59 bits per heavy atom. The van der Waals surface area contributed by atoms with E-state index in [1.54, 1.807) is 24.3 Å². The normalized spacial score (nSPS) is 11.2. The second kappa shape index (κ2) is 14.5. The van der Waals surface area contributed by atoms with Crippen LogP contribution in [0, 0.1) is 0 Å². The van der Waals surface area contributed by atoms with E-state index in [9.17, 15) is 18.4 Å². The summed E-state index contributed by atoms with van der Waals surface area (Å²) in [6.07, 6.45) is 2.11. The van der Waals surface area contributed by atoms with E-state index in [1.165, 1.54) is 30.3 Å². The first-order valence-electron chi connectivity index (χ1n) is 12.2. The second-order valence-electron chi connectivity index (χ2n) is 8.62. The quantitative estimate of drug-likeness (QED) is 0.286. The molecular weight excluding hydrogens is 508 g/mol. The molecular formula is C29H31F2N3O5. The molecule has 8 nitrogen and oxygen atoms in total. The van der Waals surface area contributed by atoms with Crippen LogP contribution in [0.2, 0.25) is 0 Å². The van der Waals surface area contributed by atoms with Crippen LogP contribution in [0.15, 0.2) is 78.5 Å². The Labute approximate surface area is 225 Å². The number of aliphatic hydroxyl groups is 1. The van der Waals surface area contributed by atoms with E-state index in [0.29, 0.717) is 23.5 Å². The number of aliphatic hydroxyl groups excluding tert-OH is 1. The summed E-state index contributed by atoms with van der Waals surface area (Å²) in [6.45, 7) is -2.79. The lowest BCUT2D eigenvalue weighted by molar-refractivity contribution is -0.117. The highest BCUT2D eigenvalue weighted by Gasteiger charge is 2.15. The van der Waals surface area contributed by atoms with Crippen molar-refractivity contribution >= 4 is 23.6 Å². The zero-order chi connectivity index (χ0) is 28.2. The Bertz CT molecular complexity index is 1250. The number of carbonyl (C=O) groups is 2. The van der Waals surface area contributed by atoms with E-state index in [-0.39, 0.29) is 24.6 Å². The number of carbonyl (C=O) groups excluding carboxylic acids is 2. The molecule has 0 aliphatic carbocycles. The number of hydrogen-bond donors (Lipinski definition) is 3. The largest absolute Gasteiger partial charge is 0.493 e. The summed E-state index contributed by atoms with van der Waals surface area (Å²) < 4.78 is 34.9. The summed E-state index contributed by atoms with van der Waals surface area (Å²) in [6, 6.07) is 20.3. The van der Waals surface area contributed by atoms with Gasteiger partial charge in [-0.2, -0.15) is 8.78 Å². The number of benzene rings is 3. The number of nitrogens with zero attached hydrogens (tertiary/aromatic N) is 1. The second-order valence-corrected chi connectivity index (χ2v) is 8.62. The van der Waals surface area contributed by atoms with Crippen molar-refractivity contribution in [2.24, 2.45) is 0 Å². The SMILES string of the molecule is CN(C)c1ccc(CCOc2ccc(C(=O)NC(=Cc3ccc(OC(F)F)cc3)C(=O)NCCO)cc2)cc1. The monoisotopic (exact) mass is 539 g/mol. The lowest BCUT2D eigenvalue weighted by Gasteiger charge is -2.13. The fourth-order valence-corrected chi connectivity index (χ4v) is 3.48. The maximum absolute atomic E-state index is 12.9. The van der Waals surface area contributed by atoms with Gasteiger partial charge >= 0.3 is 6.61 Å². The molecule has 3 aromatic rings. The number of anilines is 1. The fraction of sp³-hybridized carbons (Fsp3) is 0.241. The lowest BCUT2D eigenvalue weighted by atomic mass is 10.1. The van der Waals surface area contributed by atoms with Crippen LogP contribution >= 0.6 is 0 Å². The molecule has 2 amide bonds. The Morgan fingerprint density at radius 3 is 2.18 bits per heavy atom. The molecule has 0 aliphatic rings. The zero-order valence-corrected chi connectivity index (χ0v) is 21.7.